The summed E-state index contributed by atoms with van der Waals surface area (Å²) >= 11 is 0. The fraction of sp³-hybridized carbons (Fsp3) is 0.726. The van der Waals surface area contributed by atoms with E-state index in [0.717, 1.165) is 128 Å². The van der Waals surface area contributed by atoms with Crippen LogP contribution in [0.2, 0.25) is 0 Å². The van der Waals surface area contributed by atoms with Crippen LogP contribution in [0.5, 0.6) is 0 Å². The van der Waals surface area contributed by atoms with Crippen LogP contribution in [0.3, 0.4) is 0 Å². The SMILES string of the molecule is CC/C=C\C/C=C\C/C=C\C/C=C\C/C=C\CCCCCCCCCCCCCC(=O)NC(COP(=O)(O)OCC[N+](C)(C)C)C(/C=C\CCCCCCCCCCC)OC(=O)CCCCCCCC/C=C\C/C=C\C/C=C\CCCCC. The summed E-state index contributed by atoms with van der Waals surface area (Å²) in [5, 5.41) is 3.06. The molecule has 0 aromatic heterocycles. The standard InChI is InChI=1S/C73H129N2O7P/c1-7-10-13-16-19-22-25-27-29-31-33-34-35-36-37-38-39-40-42-43-45-47-50-53-56-59-62-65-72(76)74-70(69-81-83(78,79)80-68-67-75(4,5)6)71(64-61-58-55-52-49-24-21-18-15-12-9-3)82-73(77)66-63-60-57-54-51-48-46-44-41-32-30-28-26-23-20-17-14-11-8-2/h10,13,19-20,22-23,27-30,33-34,36-37,41,44,61,64,70-71H,7-9,11-12,14-18,21,24-26,31-32,35,38-40,42-43,45-60,62-63,65-69H2,1-6H3,(H-,74,76,78,79)/p+1/b13-10-,22-19-,23-20-,29-27-,30-28-,34-33-,37-36-,44-41-,64-61-. The molecule has 0 aliphatic carbocycles. The van der Waals surface area contributed by atoms with E-state index in [1.54, 1.807) is 0 Å². The van der Waals surface area contributed by atoms with Gasteiger partial charge in [0, 0.05) is 12.8 Å². The van der Waals surface area contributed by atoms with Gasteiger partial charge >= 0.3 is 13.8 Å². The predicted octanol–water partition coefficient (Wildman–Crippen LogP) is 21.7. The number of likely N-dealkylation sites (N-methyl/N-ethyl adjacent to an activating group) is 1. The Morgan fingerprint density at radius 2 is 0.771 bits per heavy atom. The van der Waals surface area contributed by atoms with Gasteiger partial charge in [-0.15, -0.1) is 0 Å². The summed E-state index contributed by atoms with van der Waals surface area (Å²) < 4.78 is 30.8. The highest BCUT2D eigenvalue weighted by molar-refractivity contribution is 7.47. The Balaban J connectivity index is 5.08. The van der Waals surface area contributed by atoms with Crippen LogP contribution in [0.1, 0.15) is 290 Å². The summed E-state index contributed by atoms with van der Waals surface area (Å²) in [6.07, 6.45) is 85.2. The van der Waals surface area contributed by atoms with Gasteiger partial charge in [-0.05, 0) is 115 Å². The van der Waals surface area contributed by atoms with Gasteiger partial charge in [0.15, 0.2) is 0 Å². The van der Waals surface area contributed by atoms with Gasteiger partial charge in [0.25, 0.3) is 0 Å². The maximum atomic E-state index is 13.6. The predicted molar refractivity (Wildman–Crippen MR) is 360 cm³/mol. The first-order valence-corrected chi connectivity index (χ1v) is 35.7. The number of unbranched alkanes of at least 4 members (excludes halogenated alkanes) is 29. The fourth-order valence-electron chi connectivity index (χ4n) is 9.44. The number of nitrogens with one attached hydrogen (secondary N) is 1. The van der Waals surface area contributed by atoms with Crippen LogP contribution < -0.4 is 5.32 Å². The summed E-state index contributed by atoms with van der Waals surface area (Å²) in [6.45, 7) is 6.86. The molecule has 0 spiro atoms. The summed E-state index contributed by atoms with van der Waals surface area (Å²) in [7, 11) is 1.48. The number of quaternary nitrogens is 1. The van der Waals surface area contributed by atoms with Crippen molar-refractivity contribution in [3.05, 3.63) is 109 Å². The number of phosphoric ester groups is 1. The third kappa shape index (κ3) is 63.0. The molecular formula is C73H130N2O7P+. The van der Waals surface area contributed by atoms with Crippen molar-refractivity contribution in [1.82, 2.24) is 5.32 Å². The van der Waals surface area contributed by atoms with Gasteiger partial charge in [0.1, 0.15) is 19.3 Å². The molecule has 0 rings (SSSR count). The zero-order valence-corrected chi connectivity index (χ0v) is 55.6. The molecule has 0 fully saturated rings. The number of ether oxygens (including phenoxy) is 1. The highest BCUT2D eigenvalue weighted by Gasteiger charge is 2.30. The van der Waals surface area contributed by atoms with Gasteiger partial charge in [0.05, 0.1) is 33.8 Å². The molecule has 3 atom stereocenters. The van der Waals surface area contributed by atoms with Crippen molar-refractivity contribution in [1.29, 1.82) is 0 Å². The van der Waals surface area contributed by atoms with Crippen LogP contribution in [0, 0.1) is 0 Å². The summed E-state index contributed by atoms with van der Waals surface area (Å²) in [5.74, 6) is -0.524. The lowest BCUT2D eigenvalue weighted by molar-refractivity contribution is -0.870. The molecule has 0 aliphatic rings. The second kappa shape index (κ2) is 61.7. The Hall–Kier alpha value is -3.33. The highest BCUT2D eigenvalue weighted by Crippen LogP contribution is 2.43. The Morgan fingerprint density at radius 3 is 1.18 bits per heavy atom. The number of carbonyl (C=O) groups is 2. The maximum absolute atomic E-state index is 13.6. The van der Waals surface area contributed by atoms with Crippen molar-refractivity contribution in [2.24, 2.45) is 0 Å². The van der Waals surface area contributed by atoms with E-state index in [1.807, 2.05) is 33.3 Å². The van der Waals surface area contributed by atoms with Crippen LogP contribution in [0.25, 0.3) is 0 Å². The summed E-state index contributed by atoms with van der Waals surface area (Å²) in [4.78, 5) is 37.8. The highest BCUT2D eigenvalue weighted by atomic mass is 31.2. The van der Waals surface area contributed by atoms with Crippen LogP contribution in [-0.4, -0.2) is 74.3 Å². The number of esters is 1. The number of hydrogen-bond acceptors (Lipinski definition) is 6. The van der Waals surface area contributed by atoms with E-state index in [1.165, 1.54) is 128 Å². The lowest BCUT2D eigenvalue weighted by atomic mass is 10.0. The normalized spacial score (nSPS) is 14.3. The molecule has 0 radical (unpaired) electrons. The van der Waals surface area contributed by atoms with E-state index in [9.17, 15) is 19.0 Å². The zero-order valence-electron chi connectivity index (χ0n) is 54.7. The van der Waals surface area contributed by atoms with E-state index < -0.39 is 20.0 Å². The van der Waals surface area contributed by atoms with Crippen molar-refractivity contribution in [3.63, 3.8) is 0 Å². The molecular weight excluding hydrogens is 1050 g/mol. The average Bonchev–Trinajstić information content (AvgIpc) is 3.51. The minimum Gasteiger partial charge on any atom is -0.456 e. The van der Waals surface area contributed by atoms with E-state index in [0.29, 0.717) is 17.4 Å². The quantitative estimate of drug-likeness (QED) is 0.0205. The molecule has 3 unspecified atom stereocenters. The summed E-state index contributed by atoms with van der Waals surface area (Å²) in [6, 6.07) is -0.862. The van der Waals surface area contributed by atoms with E-state index in [4.69, 9.17) is 13.8 Å². The zero-order chi connectivity index (χ0) is 60.7. The molecule has 0 saturated carbocycles. The average molecular weight is 1180 g/mol. The maximum Gasteiger partial charge on any atom is 0.472 e. The third-order valence-corrected chi connectivity index (χ3v) is 15.7. The number of rotatable bonds is 61. The Kier molecular flexibility index (Phi) is 59.3. The molecule has 0 bridgehead atoms. The van der Waals surface area contributed by atoms with Crippen molar-refractivity contribution in [2.45, 2.75) is 303 Å². The van der Waals surface area contributed by atoms with Gasteiger partial charge in [0.2, 0.25) is 5.91 Å². The number of amides is 1. The lowest BCUT2D eigenvalue weighted by Crippen LogP contribution is -2.47. The Bertz CT molecular complexity index is 1790. The topological polar surface area (TPSA) is 111 Å². The van der Waals surface area contributed by atoms with Crippen molar-refractivity contribution in [2.75, 3.05) is 40.9 Å². The molecule has 478 valence electrons. The van der Waals surface area contributed by atoms with Crippen LogP contribution in [0.4, 0.5) is 0 Å². The molecule has 0 aliphatic heterocycles. The molecule has 2 N–H and O–H groups in total. The van der Waals surface area contributed by atoms with Crippen LogP contribution in [-0.2, 0) is 27.9 Å². The van der Waals surface area contributed by atoms with Gasteiger partial charge in [-0.2, -0.15) is 0 Å². The number of allylic oxidation sites excluding steroid dienone is 17. The van der Waals surface area contributed by atoms with Crippen LogP contribution in [0.15, 0.2) is 109 Å². The molecule has 10 heteroatoms. The second-order valence-electron chi connectivity index (χ2n) is 24.0. The lowest BCUT2D eigenvalue weighted by Gasteiger charge is -2.27. The van der Waals surface area contributed by atoms with Crippen molar-refractivity contribution < 1.29 is 37.3 Å². The molecule has 83 heavy (non-hydrogen) atoms. The number of nitrogens with zero attached hydrogens (tertiary/aromatic N) is 1. The number of phosphoric acid groups is 1. The number of carbonyl (C=O) groups excluding carboxylic acids is 2. The minimum absolute atomic E-state index is 0.0327. The van der Waals surface area contributed by atoms with Gasteiger partial charge < -0.3 is 19.4 Å². The minimum atomic E-state index is -4.46. The van der Waals surface area contributed by atoms with Crippen LogP contribution >= 0.6 is 7.82 Å². The van der Waals surface area contributed by atoms with E-state index in [2.05, 4.69) is 123 Å². The molecule has 0 heterocycles. The second-order valence-corrected chi connectivity index (χ2v) is 25.4. The Morgan fingerprint density at radius 1 is 0.434 bits per heavy atom. The smallest absolute Gasteiger partial charge is 0.456 e. The molecule has 9 nitrogen and oxygen atoms in total. The van der Waals surface area contributed by atoms with Gasteiger partial charge in [-0.3, -0.25) is 18.6 Å². The number of hydrogen-bond donors (Lipinski definition) is 2. The third-order valence-electron chi connectivity index (χ3n) is 14.7. The molecule has 1 amide bonds. The van der Waals surface area contributed by atoms with E-state index in [-0.39, 0.29) is 31.5 Å². The largest absolute Gasteiger partial charge is 0.472 e. The van der Waals surface area contributed by atoms with E-state index >= 15 is 0 Å². The first kappa shape index (κ1) is 79.7. The van der Waals surface area contributed by atoms with Gasteiger partial charge in [-0.1, -0.05) is 272 Å². The first-order valence-electron chi connectivity index (χ1n) is 34.2. The summed E-state index contributed by atoms with van der Waals surface area (Å²) in [5.41, 5.74) is 0. The molecule has 0 aromatic carbocycles. The molecule has 0 aromatic rings. The monoisotopic (exact) mass is 1180 g/mol. The first-order chi connectivity index (χ1) is 40.4. The van der Waals surface area contributed by atoms with Gasteiger partial charge in [-0.25, -0.2) is 4.57 Å². The van der Waals surface area contributed by atoms with Crippen molar-refractivity contribution in [3.8, 4) is 0 Å². The van der Waals surface area contributed by atoms with Crippen molar-refractivity contribution >= 4 is 19.7 Å². The Labute approximate surface area is 512 Å². The molecule has 0 saturated heterocycles. The fourth-order valence-corrected chi connectivity index (χ4v) is 10.2.